The number of nitrogens with zero attached hydrogens (tertiary/aromatic N) is 1. The summed E-state index contributed by atoms with van der Waals surface area (Å²) < 4.78 is 39.4. The summed E-state index contributed by atoms with van der Waals surface area (Å²) in [6.07, 6.45) is 1.22. The van der Waals surface area contributed by atoms with E-state index >= 15 is 0 Å². The molecule has 1 N–H and O–H groups in total. The number of sulfonamides is 1. The van der Waals surface area contributed by atoms with Crippen LogP contribution in [0.2, 0.25) is 5.02 Å². The van der Waals surface area contributed by atoms with E-state index in [0.29, 0.717) is 10.6 Å². The van der Waals surface area contributed by atoms with Crippen LogP contribution in [0.4, 0.5) is 10.1 Å². The summed E-state index contributed by atoms with van der Waals surface area (Å²) in [6.45, 7) is 0. The Bertz CT molecular complexity index is 839. The van der Waals surface area contributed by atoms with Gasteiger partial charge in [-0.3, -0.25) is 4.72 Å². The van der Waals surface area contributed by atoms with Crippen molar-refractivity contribution in [1.82, 2.24) is 0 Å². The van der Waals surface area contributed by atoms with Gasteiger partial charge in [-0.1, -0.05) is 23.7 Å². The van der Waals surface area contributed by atoms with Gasteiger partial charge in [-0.25, -0.2) is 12.8 Å². The molecular formula is C15H10ClFN2O2S. The maximum atomic E-state index is 12.8. The molecule has 2 aromatic carbocycles. The summed E-state index contributed by atoms with van der Waals surface area (Å²) in [5, 5.41) is 9.58. The van der Waals surface area contributed by atoms with Gasteiger partial charge in [-0.15, -0.1) is 0 Å². The summed E-state index contributed by atoms with van der Waals surface area (Å²) in [6, 6.07) is 12.8. The van der Waals surface area contributed by atoms with Gasteiger partial charge in [0.1, 0.15) is 11.9 Å². The first-order valence-corrected chi connectivity index (χ1v) is 7.92. The molecule has 22 heavy (non-hydrogen) atoms. The molecule has 0 amide bonds. The SMILES string of the molecule is N#CC(=Cc1ccc(Cl)cc1)S(=O)(=O)Nc1ccc(F)cc1. The van der Waals surface area contributed by atoms with Crippen molar-refractivity contribution in [1.29, 1.82) is 5.26 Å². The standard InChI is InChI=1S/C15H10ClFN2O2S/c16-12-3-1-11(2-4-12)9-15(10-18)22(20,21)19-14-7-5-13(17)6-8-14/h1-9,19H. The molecular weight excluding hydrogens is 327 g/mol. The molecule has 7 heteroatoms. The number of halogens is 2. The second-order valence-corrected chi connectivity index (χ2v) is 6.37. The van der Waals surface area contributed by atoms with E-state index in [0.717, 1.165) is 12.1 Å². The Hall–Kier alpha value is -2.36. The predicted octanol–water partition coefficient (Wildman–Crippen LogP) is 3.79. The molecule has 0 aromatic heterocycles. The number of benzene rings is 2. The highest BCUT2D eigenvalue weighted by Gasteiger charge is 2.17. The third-order valence-corrected chi connectivity index (χ3v) is 4.21. The topological polar surface area (TPSA) is 70.0 Å². The van der Waals surface area contributed by atoms with Crippen LogP contribution in [0.5, 0.6) is 0 Å². The number of allylic oxidation sites excluding steroid dienone is 1. The average molecular weight is 337 g/mol. The van der Waals surface area contributed by atoms with Crippen molar-refractivity contribution in [3.8, 4) is 6.07 Å². The predicted molar refractivity (Wildman–Crippen MR) is 84.0 cm³/mol. The molecule has 0 aliphatic rings. The zero-order valence-corrected chi connectivity index (χ0v) is 12.7. The van der Waals surface area contributed by atoms with Crippen LogP contribution in [0.25, 0.3) is 6.08 Å². The highest BCUT2D eigenvalue weighted by Crippen LogP contribution is 2.18. The molecule has 0 bridgehead atoms. The van der Waals surface area contributed by atoms with Crippen LogP contribution in [0, 0.1) is 17.1 Å². The lowest BCUT2D eigenvalue weighted by atomic mass is 10.2. The highest BCUT2D eigenvalue weighted by atomic mass is 35.5. The van der Waals surface area contributed by atoms with Crippen molar-refractivity contribution in [2.45, 2.75) is 0 Å². The van der Waals surface area contributed by atoms with Crippen molar-refractivity contribution < 1.29 is 12.8 Å². The zero-order chi connectivity index (χ0) is 16.2. The minimum atomic E-state index is -4.05. The van der Waals surface area contributed by atoms with Gasteiger partial charge in [0, 0.05) is 10.7 Å². The Morgan fingerprint density at radius 2 is 1.73 bits per heavy atom. The van der Waals surface area contributed by atoms with E-state index in [1.54, 1.807) is 30.3 Å². The number of hydrogen-bond donors (Lipinski definition) is 1. The molecule has 0 heterocycles. The van der Waals surface area contributed by atoms with Crippen LogP contribution >= 0.6 is 11.6 Å². The van der Waals surface area contributed by atoms with E-state index < -0.39 is 20.7 Å². The summed E-state index contributed by atoms with van der Waals surface area (Å²) in [5.41, 5.74) is 0.684. The summed E-state index contributed by atoms with van der Waals surface area (Å²) in [5.74, 6) is -0.486. The lowest BCUT2D eigenvalue weighted by molar-refractivity contribution is 0.608. The maximum absolute atomic E-state index is 12.8. The highest BCUT2D eigenvalue weighted by molar-refractivity contribution is 7.96. The van der Waals surface area contributed by atoms with E-state index in [-0.39, 0.29) is 5.69 Å². The van der Waals surface area contributed by atoms with Crippen LogP contribution in [0.1, 0.15) is 5.56 Å². The average Bonchev–Trinajstić information content (AvgIpc) is 2.48. The number of nitriles is 1. The minimum Gasteiger partial charge on any atom is -0.279 e. The van der Waals surface area contributed by atoms with Crippen molar-refractivity contribution in [2.75, 3.05) is 4.72 Å². The quantitative estimate of drug-likeness (QED) is 0.864. The van der Waals surface area contributed by atoms with E-state index in [4.69, 9.17) is 16.9 Å². The summed E-state index contributed by atoms with van der Waals surface area (Å²) in [4.78, 5) is -0.459. The van der Waals surface area contributed by atoms with Gasteiger partial charge in [0.15, 0.2) is 4.91 Å². The van der Waals surface area contributed by atoms with Crippen molar-refractivity contribution in [3.05, 3.63) is 69.8 Å². The molecule has 4 nitrogen and oxygen atoms in total. The van der Waals surface area contributed by atoms with Crippen molar-refractivity contribution >= 4 is 33.4 Å². The molecule has 0 saturated heterocycles. The van der Waals surface area contributed by atoms with Gasteiger partial charge in [0.2, 0.25) is 0 Å². The van der Waals surface area contributed by atoms with Gasteiger partial charge in [0.25, 0.3) is 10.0 Å². The zero-order valence-electron chi connectivity index (χ0n) is 11.1. The first-order chi connectivity index (χ1) is 10.4. The normalized spacial score (nSPS) is 11.8. The summed E-state index contributed by atoms with van der Waals surface area (Å²) in [7, 11) is -4.05. The van der Waals surface area contributed by atoms with E-state index in [9.17, 15) is 12.8 Å². The van der Waals surface area contributed by atoms with Gasteiger partial charge >= 0.3 is 0 Å². The number of rotatable bonds is 4. The Morgan fingerprint density at radius 3 is 2.27 bits per heavy atom. The van der Waals surface area contributed by atoms with Crippen LogP contribution in [0.15, 0.2) is 53.4 Å². The first-order valence-electron chi connectivity index (χ1n) is 6.06. The molecule has 0 atom stereocenters. The molecule has 0 aliphatic carbocycles. The Kier molecular flexibility index (Phi) is 4.81. The minimum absolute atomic E-state index is 0.165. The molecule has 112 valence electrons. The van der Waals surface area contributed by atoms with Gasteiger partial charge in [0.05, 0.1) is 0 Å². The third-order valence-electron chi connectivity index (χ3n) is 2.66. The molecule has 0 unspecified atom stereocenters. The second kappa shape index (κ2) is 6.60. The molecule has 0 aliphatic heterocycles. The van der Waals surface area contributed by atoms with Gasteiger partial charge in [-0.05, 0) is 48.0 Å². The van der Waals surface area contributed by atoms with Crippen molar-refractivity contribution in [2.24, 2.45) is 0 Å². The number of anilines is 1. The largest absolute Gasteiger partial charge is 0.279 e. The van der Waals surface area contributed by atoms with Gasteiger partial charge in [-0.2, -0.15) is 5.26 Å². The Balaban J connectivity index is 2.31. The fraction of sp³-hybridized carbons (Fsp3) is 0. The molecule has 0 fully saturated rings. The molecule has 0 saturated carbocycles. The van der Waals surface area contributed by atoms with Gasteiger partial charge < -0.3 is 0 Å². The maximum Gasteiger partial charge on any atom is 0.272 e. The molecule has 0 spiro atoms. The Labute approximate surface area is 132 Å². The lowest BCUT2D eigenvalue weighted by Crippen LogP contribution is -2.14. The molecule has 2 aromatic rings. The van der Waals surface area contributed by atoms with E-state index in [1.807, 2.05) is 0 Å². The molecule has 2 rings (SSSR count). The van der Waals surface area contributed by atoms with E-state index in [1.165, 1.54) is 18.2 Å². The van der Waals surface area contributed by atoms with E-state index in [2.05, 4.69) is 4.72 Å². The first kappa shape index (κ1) is 16.0. The smallest absolute Gasteiger partial charge is 0.272 e. The second-order valence-electron chi connectivity index (χ2n) is 4.28. The monoisotopic (exact) mass is 336 g/mol. The van der Waals surface area contributed by atoms with Crippen LogP contribution < -0.4 is 4.72 Å². The molecule has 0 radical (unpaired) electrons. The number of nitrogens with one attached hydrogen (secondary N) is 1. The van der Waals surface area contributed by atoms with Crippen LogP contribution in [-0.2, 0) is 10.0 Å². The number of hydrogen-bond acceptors (Lipinski definition) is 3. The fourth-order valence-corrected chi connectivity index (χ4v) is 2.70. The fourth-order valence-electron chi connectivity index (χ4n) is 1.61. The lowest BCUT2D eigenvalue weighted by Gasteiger charge is -2.07. The van der Waals surface area contributed by atoms with Crippen LogP contribution in [0.3, 0.4) is 0 Å². The Morgan fingerprint density at radius 1 is 1.14 bits per heavy atom. The third kappa shape index (κ3) is 4.07. The van der Waals surface area contributed by atoms with Crippen LogP contribution in [-0.4, -0.2) is 8.42 Å². The van der Waals surface area contributed by atoms with Crippen molar-refractivity contribution in [3.63, 3.8) is 0 Å². The summed E-state index contributed by atoms with van der Waals surface area (Å²) >= 11 is 5.75.